The van der Waals surface area contributed by atoms with Gasteiger partial charge in [-0.3, -0.25) is 4.79 Å². The predicted octanol–water partition coefficient (Wildman–Crippen LogP) is 2.29. The van der Waals surface area contributed by atoms with Gasteiger partial charge >= 0.3 is 0 Å². The van der Waals surface area contributed by atoms with Crippen molar-refractivity contribution in [2.24, 2.45) is 0 Å². The molecule has 1 aliphatic rings. The normalized spacial score (nSPS) is 27.8. The van der Waals surface area contributed by atoms with Gasteiger partial charge in [-0.25, -0.2) is 9.97 Å². The highest BCUT2D eigenvalue weighted by Gasteiger charge is 2.33. The zero-order valence-electron chi connectivity index (χ0n) is 10.6. The summed E-state index contributed by atoms with van der Waals surface area (Å²) in [6, 6.07) is 0. The van der Waals surface area contributed by atoms with Crippen molar-refractivity contribution in [3.05, 3.63) is 18.1 Å². The maximum Gasteiger partial charge on any atom is 0.243 e. The van der Waals surface area contributed by atoms with E-state index in [2.05, 4.69) is 23.8 Å². The number of ketones is 1. The fourth-order valence-electron chi connectivity index (χ4n) is 1.72. The zero-order valence-corrected chi connectivity index (χ0v) is 12.3. The number of methoxy groups -OCH3 is 1. The molecule has 0 amide bonds. The van der Waals surface area contributed by atoms with Gasteiger partial charge < -0.3 is 4.74 Å². The van der Waals surface area contributed by atoms with Crippen molar-refractivity contribution in [3.63, 3.8) is 0 Å². The number of nitrogens with zero attached hydrogens (tertiary/aromatic N) is 2. The third-order valence-electron chi connectivity index (χ3n) is 2.93. The first-order chi connectivity index (χ1) is 8.63. The van der Waals surface area contributed by atoms with Crippen LogP contribution in [0.15, 0.2) is 12.4 Å². The van der Waals surface area contributed by atoms with Crippen LogP contribution in [0.4, 0.5) is 0 Å². The Labute approximate surface area is 115 Å². The molecule has 3 unspecified atom stereocenters. The molecule has 4 nitrogen and oxygen atoms in total. The molecule has 1 aromatic heterocycles. The van der Waals surface area contributed by atoms with Gasteiger partial charge in [0.2, 0.25) is 5.88 Å². The highest BCUT2D eigenvalue weighted by Crippen LogP contribution is 2.37. The van der Waals surface area contributed by atoms with Crippen LogP contribution in [0.3, 0.4) is 0 Å². The molecule has 0 spiro atoms. The Hall–Kier alpha value is -0.750. The monoisotopic (exact) mass is 284 g/mol. The SMILES string of the molecule is COc1nccnc1C(=O)C1CSC(C)C(C)S1. The second kappa shape index (κ2) is 5.93. The Morgan fingerprint density at radius 2 is 2.06 bits per heavy atom. The first kappa shape index (κ1) is 13.7. The van der Waals surface area contributed by atoms with Gasteiger partial charge in [0.05, 0.1) is 12.4 Å². The fourth-order valence-corrected chi connectivity index (χ4v) is 4.57. The topological polar surface area (TPSA) is 52.1 Å². The molecule has 0 radical (unpaired) electrons. The molecule has 2 rings (SSSR count). The molecule has 3 atom stereocenters. The third kappa shape index (κ3) is 2.80. The number of ether oxygens (including phenoxy) is 1. The van der Waals surface area contributed by atoms with Crippen molar-refractivity contribution in [2.75, 3.05) is 12.9 Å². The Balaban J connectivity index is 2.16. The third-order valence-corrected chi connectivity index (χ3v) is 6.32. The highest BCUT2D eigenvalue weighted by atomic mass is 32.2. The maximum atomic E-state index is 12.4. The summed E-state index contributed by atoms with van der Waals surface area (Å²) in [6.07, 6.45) is 3.06. The van der Waals surface area contributed by atoms with Crippen LogP contribution in [0.1, 0.15) is 24.3 Å². The van der Waals surface area contributed by atoms with Crippen LogP contribution in [-0.4, -0.2) is 44.4 Å². The van der Waals surface area contributed by atoms with Crippen LogP contribution < -0.4 is 4.74 Å². The van der Waals surface area contributed by atoms with Crippen LogP contribution in [0.25, 0.3) is 0 Å². The van der Waals surface area contributed by atoms with Crippen LogP contribution in [0.5, 0.6) is 5.88 Å². The molecule has 0 N–H and O–H groups in total. The smallest absolute Gasteiger partial charge is 0.243 e. The first-order valence-corrected chi connectivity index (χ1v) is 7.79. The molecule has 1 fully saturated rings. The van der Waals surface area contributed by atoms with E-state index in [-0.39, 0.29) is 11.0 Å². The van der Waals surface area contributed by atoms with Gasteiger partial charge in [0.15, 0.2) is 11.5 Å². The average molecular weight is 284 g/mol. The first-order valence-electron chi connectivity index (χ1n) is 5.79. The summed E-state index contributed by atoms with van der Waals surface area (Å²) in [7, 11) is 1.51. The summed E-state index contributed by atoms with van der Waals surface area (Å²) in [6.45, 7) is 4.36. The van der Waals surface area contributed by atoms with Crippen molar-refractivity contribution < 1.29 is 9.53 Å². The number of Topliss-reactive ketones (excluding diaryl/α,β-unsaturated/α-hetero) is 1. The average Bonchev–Trinajstić information content (AvgIpc) is 2.41. The van der Waals surface area contributed by atoms with Gasteiger partial charge in [-0.05, 0) is 0 Å². The van der Waals surface area contributed by atoms with Crippen LogP contribution >= 0.6 is 23.5 Å². The van der Waals surface area contributed by atoms with E-state index in [4.69, 9.17) is 4.74 Å². The molecule has 0 aliphatic carbocycles. The summed E-state index contributed by atoms with van der Waals surface area (Å²) in [5, 5.41) is 1.01. The maximum absolute atomic E-state index is 12.4. The Morgan fingerprint density at radius 1 is 1.33 bits per heavy atom. The number of carbonyl (C=O) groups excluding carboxylic acids is 1. The van der Waals surface area contributed by atoms with Crippen molar-refractivity contribution in [2.45, 2.75) is 29.6 Å². The van der Waals surface area contributed by atoms with Crippen molar-refractivity contribution in [3.8, 4) is 5.88 Å². The molecule has 0 bridgehead atoms. The van der Waals surface area contributed by atoms with Crippen molar-refractivity contribution in [1.82, 2.24) is 9.97 Å². The lowest BCUT2D eigenvalue weighted by atomic mass is 10.2. The lowest BCUT2D eigenvalue weighted by Gasteiger charge is -2.30. The van der Waals surface area contributed by atoms with Crippen LogP contribution in [0, 0.1) is 0 Å². The number of hydrogen-bond donors (Lipinski definition) is 0. The molecular weight excluding hydrogens is 268 g/mol. The van der Waals surface area contributed by atoms with Gasteiger partial charge in [0.1, 0.15) is 0 Å². The number of aromatic nitrogens is 2. The standard InChI is InChI=1S/C12H16N2O2S2/c1-7-8(2)18-9(6-17-7)11(15)10-12(16-3)14-5-4-13-10/h4-5,7-9H,6H2,1-3H3. The molecule has 1 saturated heterocycles. The number of rotatable bonds is 3. The van der Waals surface area contributed by atoms with Crippen LogP contribution in [0.2, 0.25) is 0 Å². The Bertz CT molecular complexity index is 442. The number of thioether (sulfide) groups is 2. The summed E-state index contributed by atoms with van der Waals surface area (Å²) in [5.74, 6) is 1.17. The van der Waals surface area contributed by atoms with Crippen molar-refractivity contribution in [1.29, 1.82) is 0 Å². The summed E-state index contributed by atoms with van der Waals surface area (Å²) < 4.78 is 5.09. The molecular formula is C12H16N2O2S2. The lowest BCUT2D eigenvalue weighted by molar-refractivity contribution is 0.0986. The van der Waals surface area contributed by atoms with E-state index < -0.39 is 0 Å². The molecule has 1 aliphatic heterocycles. The molecule has 98 valence electrons. The predicted molar refractivity (Wildman–Crippen MR) is 75.7 cm³/mol. The second-order valence-corrected chi connectivity index (χ2v) is 7.14. The van der Waals surface area contributed by atoms with E-state index in [1.165, 1.54) is 19.5 Å². The lowest BCUT2D eigenvalue weighted by Crippen LogP contribution is -2.32. The molecule has 6 heteroatoms. The van der Waals surface area contributed by atoms with E-state index in [1.807, 2.05) is 11.8 Å². The Morgan fingerprint density at radius 3 is 2.72 bits per heavy atom. The van der Waals surface area contributed by atoms with E-state index in [0.717, 1.165) is 5.75 Å². The fraction of sp³-hybridized carbons (Fsp3) is 0.583. The van der Waals surface area contributed by atoms with E-state index in [0.29, 0.717) is 22.1 Å². The quantitative estimate of drug-likeness (QED) is 0.794. The van der Waals surface area contributed by atoms with Crippen molar-refractivity contribution >= 4 is 29.3 Å². The number of carbonyl (C=O) groups is 1. The van der Waals surface area contributed by atoms with E-state index in [9.17, 15) is 4.79 Å². The Kier molecular flexibility index (Phi) is 4.50. The largest absolute Gasteiger partial charge is 0.479 e. The molecule has 1 aromatic rings. The van der Waals surface area contributed by atoms with E-state index >= 15 is 0 Å². The van der Waals surface area contributed by atoms with Crippen LogP contribution in [-0.2, 0) is 0 Å². The molecule has 0 saturated carbocycles. The summed E-state index contributed by atoms with van der Waals surface area (Å²) in [5.41, 5.74) is 0.347. The summed E-state index contributed by atoms with van der Waals surface area (Å²) >= 11 is 3.56. The minimum atomic E-state index is -0.0493. The van der Waals surface area contributed by atoms with Gasteiger partial charge in [0.25, 0.3) is 0 Å². The van der Waals surface area contributed by atoms with Gasteiger partial charge in [0, 0.05) is 28.6 Å². The van der Waals surface area contributed by atoms with Gasteiger partial charge in [-0.2, -0.15) is 11.8 Å². The molecule has 2 heterocycles. The van der Waals surface area contributed by atoms with Gasteiger partial charge in [-0.1, -0.05) is 13.8 Å². The van der Waals surface area contributed by atoms with E-state index in [1.54, 1.807) is 11.8 Å². The number of hydrogen-bond acceptors (Lipinski definition) is 6. The minimum absolute atomic E-state index is 0.0243. The zero-order chi connectivity index (χ0) is 13.1. The van der Waals surface area contributed by atoms with Gasteiger partial charge in [-0.15, -0.1) is 11.8 Å². The minimum Gasteiger partial charge on any atom is -0.479 e. The molecule has 0 aromatic carbocycles. The summed E-state index contributed by atoms with van der Waals surface area (Å²) in [4.78, 5) is 20.5. The second-order valence-electron chi connectivity index (χ2n) is 4.15. The highest BCUT2D eigenvalue weighted by molar-refractivity contribution is 8.08. The molecule has 18 heavy (non-hydrogen) atoms.